The summed E-state index contributed by atoms with van der Waals surface area (Å²) in [5, 5.41) is 16.8. The molecular formula is C17H37N3O3S. The Kier molecular flexibility index (Phi) is 9.88. The minimum atomic E-state index is -3.16. The third-order valence-corrected chi connectivity index (χ3v) is 6.51. The lowest BCUT2D eigenvalue weighted by atomic mass is 9.93. The van der Waals surface area contributed by atoms with E-state index in [9.17, 15) is 13.5 Å². The van der Waals surface area contributed by atoms with Crippen LogP contribution in [-0.2, 0) is 9.84 Å². The minimum Gasteiger partial charge on any atom is -0.388 e. The number of sulfone groups is 1. The maximum Gasteiger partial charge on any atom is 0.191 e. The van der Waals surface area contributed by atoms with E-state index in [-0.39, 0.29) is 5.75 Å². The van der Waals surface area contributed by atoms with Crippen LogP contribution in [0.1, 0.15) is 67.2 Å². The van der Waals surface area contributed by atoms with Crippen LogP contribution in [0.15, 0.2) is 4.99 Å². The Balaban J connectivity index is 4.80. The van der Waals surface area contributed by atoms with Gasteiger partial charge < -0.3 is 15.7 Å². The van der Waals surface area contributed by atoms with Crippen LogP contribution in [0.5, 0.6) is 0 Å². The summed E-state index contributed by atoms with van der Waals surface area (Å²) in [6, 6.07) is 0. The molecule has 0 unspecified atom stereocenters. The van der Waals surface area contributed by atoms with Crippen molar-refractivity contribution in [3.63, 3.8) is 0 Å². The lowest BCUT2D eigenvalue weighted by Gasteiger charge is -2.26. The van der Waals surface area contributed by atoms with Gasteiger partial charge in [-0.1, -0.05) is 26.7 Å². The van der Waals surface area contributed by atoms with E-state index in [1.165, 1.54) is 0 Å². The fraction of sp³-hybridized carbons (Fsp3) is 0.941. The zero-order valence-electron chi connectivity index (χ0n) is 16.3. The average Bonchev–Trinajstić information content (AvgIpc) is 2.44. The van der Waals surface area contributed by atoms with Gasteiger partial charge in [0.15, 0.2) is 15.8 Å². The van der Waals surface area contributed by atoms with E-state index in [1.807, 2.05) is 20.8 Å². The molecule has 0 saturated carbocycles. The van der Waals surface area contributed by atoms with E-state index in [2.05, 4.69) is 15.6 Å². The molecule has 24 heavy (non-hydrogen) atoms. The van der Waals surface area contributed by atoms with Crippen LogP contribution in [0.25, 0.3) is 0 Å². The summed E-state index contributed by atoms with van der Waals surface area (Å²) >= 11 is 0. The van der Waals surface area contributed by atoms with Crippen LogP contribution in [0.2, 0.25) is 0 Å². The summed E-state index contributed by atoms with van der Waals surface area (Å²) in [7, 11) is -3.16. The van der Waals surface area contributed by atoms with Gasteiger partial charge in [-0.25, -0.2) is 8.42 Å². The van der Waals surface area contributed by atoms with Crippen LogP contribution in [0.4, 0.5) is 0 Å². The SMILES string of the molecule is CCCC(O)(CCC)CN=C(NCC)NCCS(=O)(=O)C(C)(C)C. The summed E-state index contributed by atoms with van der Waals surface area (Å²) in [6.45, 7) is 12.5. The predicted molar refractivity (Wildman–Crippen MR) is 102 cm³/mol. The zero-order valence-corrected chi connectivity index (χ0v) is 17.1. The van der Waals surface area contributed by atoms with Crippen molar-refractivity contribution in [2.75, 3.05) is 25.4 Å². The van der Waals surface area contributed by atoms with E-state index < -0.39 is 20.2 Å². The molecule has 0 aliphatic heterocycles. The third kappa shape index (κ3) is 8.33. The monoisotopic (exact) mass is 363 g/mol. The molecule has 144 valence electrons. The Morgan fingerprint density at radius 1 is 1.04 bits per heavy atom. The van der Waals surface area contributed by atoms with Crippen molar-refractivity contribution in [1.29, 1.82) is 0 Å². The molecule has 0 bridgehead atoms. The van der Waals surface area contributed by atoms with Gasteiger partial charge in [0.2, 0.25) is 0 Å². The first-order chi connectivity index (χ1) is 11.0. The van der Waals surface area contributed by atoms with Crippen LogP contribution >= 0.6 is 0 Å². The second kappa shape index (κ2) is 10.2. The highest BCUT2D eigenvalue weighted by atomic mass is 32.2. The molecule has 0 aliphatic carbocycles. The van der Waals surface area contributed by atoms with E-state index in [1.54, 1.807) is 20.8 Å². The van der Waals surface area contributed by atoms with Gasteiger partial charge in [-0.05, 0) is 40.5 Å². The van der Waals surface area contributed by atoms with Gasteiger partial charge in [-0.15, -0.1) is 0 Å². The van der Waals surface area contributed by atoms with Crippen molar-refractivity contribution < 1.29 is 13.5 Å². The smallest absolute Gasteiger partial charge is 0.191 e. The molecule has 7 heteroatoms. The van der Waals surface area contributed by atoms with Gasteiger partial charge in [0.25, 0.3) is 0 Å². The van der Waals surface area contributed by atoms with Gasteiger partial charge in [-0.2, -0.15) is 0 Å². The molecule has 0 amide bonds. The summed E-state index contributed by atoms with van der Waals surface area (Å²) < 4.78 is 23.5. The van der Waals surface area contributed by atoms with Gasteiger partial charge >= 0.3 is 0 Å². The molecule has 0 aromatic heterocycles. The Hall–Kier alpha value is -0.820. The molecule has 3 N–H and O–H groups in total. The Labute approximate surface area is 148 Å². The number of hydrogen-bond donors (Lipinski definition) is 3. The van der Waals surface area contributed by atoms with Gasteiger partial charge in [0, 0.05) is 13.1 Å². The van der Waals surface area contributed by atoms with Crippen molar-refractivity contribution in [3.8, 4) is 0 Å². The molecule has 0 rings (SSSR count). The Morgan fingerprint density at radius 2 is 1.58 bits per heavy atom. The average molecular weight is 364 g/mol. The van der Waals surface area contributed by atoms with Crippen molar-refractivity contribution >= 4 is 15.8 Å². The first kappa shape index (κ1) is 23.2. The van der Waals surface area contributed by atoms with Crippen LogP contribution in [0.3, 0.4) is 0 Å². The predicted octanol–water partition coefficient (Wildman–Crippen LogP) is 2.09. The van der Waals surface area contributed by atoms with E-state index >= 15 is 0 Å². The first-order valence-electron chi connectivity index (χ1n) is 8.98. The van der Waals surface area contributed by atoms with Crippen LogP contribution in [-0.4, -0.2) is 55.2 Å². The molecular weight excluding hydrogens is 326 g/mol. The van der Waals surface area contributed by atoms with Crippen molar-refractivity contribution in [3.05, 3.63) is 0 Å². The van der Waals surface area contributed by atoms with Gasteiger partial charge in [0.05, 0.1) is 22.6 Å². The topological polar surface area (TPSA) is 90.8 Å². The summed E-state index contributed by atoms with van der Waals surface area (Å²) in [4.78, 5) is 4.45. The lowest BCUT2D eigenvalue weighted by Crippen LogP contribution is -2.43. The second-order valence-corrected chi connectivity index (χ2v) is 10.1. The number of guanidine groups is 1. The standard InChI is InChI=1S/C17H37N3O3S/c1-7-10-17(21,11-8-2)14-20-15(18-9-3)19-12-13-24(22,23)16(4,5)6/h21H,7-14H2,1-6H3,(H2,18,19,20). The molecule has 0 atom stereocenters. The quantitative estimate of drug-likeness (QED) is 0.408. The largest absolute Gasteiger partial charge is 0.388 e. The molecule has 0 heterocycles. The second-order valence-electron chi connectivity index (χ2n) is 7.28. The van der Waals surface area contributed by atoms with Crippen molar-refractivity contribution in [2.24, 2.45) is 4.99 Å². The van der Waals surface area contributed by atoms with Crippen molar-refractivity contribution in [2.45, 2.75) is 77.6 Å². The fourth-order valence-corrected chi connectivity index (χ4v) is 3.37. The maximum absolute atomic E-state index is 12.1. The highest BCUT2D eigenvalue weighted by Gasteiger charge is 2.28. The molecule has 0 aromatic carbocycles. The third-order valence-electron chi connectivity index (χ3n) is 3.90. The molecule has 0 aromatic rings. The minimum absolute atomic E-state index is 0.0507. The highest BCUT2D eigenvalue weighted by Crippen LogP contribution is 2.20. The summed E-state index contributed by atoms with van der Waals surface area (Å²) in [5.41, 5.74) is -0.788. The van der Waals surface area contributed by atoms with E-state index in [4.69, 9.17) is 0 Å². The zero-order chi connectivity index (χ0) is 18.9. The normalized spacial score (nSPS) is 13.9. The lowest BCUT2D eigenvalue weighted by molar-refractivity contribution is 0.0306. The molecule has 0 spiro atoms. The number of nitrogens with zero attached hydrogens (tertiary/aromatic N) is 1. The molecule has 0 fully saturated rings. The van der Waals surface area contributed by atoms with Crippen LogP contribution < -0.4 is 10.6 Å². The van der Waals surface area contributed by atoms with E-state index in [0.717, 1.165) is 12.8 Å². The molecule has 0 radical (unpaired) electrons. The Morgan fingerprint density at radius 3 is 2.00 bits per heavy atom. The summed E-state index contributed by atoms with van der Waals surface area (Å²) in [5.74, 6) is 0.599. The Bertz CT molecular complexity index is 476. The number of rotatable bonds is 10. The fourth-order valence-electron chi connectivity index (χ4n) is 2.39. The first-order valence-corrected chi connectivity index (χ1v) is 10.6. The van der Waals surface area contributed by atoms with E-state index in [0.29, 0.717) is 38.4 Å². The van der Waals surface area contributed by atoms with Crippen molar-refractivity contribution in [1.82, 2.24) is 10.6 Å². The molecule has 0 aliphatic rings. The molecule has 0 saturated heterocycles. The van der Waals surface area contributed by atoms with Gasteiger partial charge in [-0.3, -0.25) is 4.99 Å². The number of nitrogens with one attached hydrogen (secondary N) is 2. The van der Waals surface area contributed by atoms with Crippen LogP contribution in [0, 0.1) is 0 Å². The number of aliphatic hydroxyl groups is 1. The number of hydrogen-bond acceptors (Lipinski definition) is 4. The molecule has 6 nitrogen and oxygen atoms in total. The highest BCUT2D eigenvalue weighted by molar-refractivity contribution is 7.92. The van der Waals surface area contributed by atoms with Gasteiger partial charge in [0.1, 0.15) is 0 Å². The maximum atomic E-state index is 12.1. The summed E-state index contributed by atoms with van der Waals surface area (Å²) in [6.07, 6.45) is 3.23. The number of aliphatic imine (C=N–C) groups is 1.